The van der Waals surface area contributed by atoms with E-state index in [4.69, 9.17) is 0 Å². The van der Waals surface area contributed by atoms with Crippen LogP contribution in [-0.2, 0) is 4.79 Å². The highest BCUT2D eigenvalue weighted by Gasteiger charge is 2.41. The second kappa shape index (κ2) is 6.03. The standard InChI is InChI=1S/C13H24N2O3S/c1-6-10-15(9(7-19-10)11(16)17)12(18)14-8(2)13(3,4)5/h8-10H,6-7H2,1-5H3,(H,14,18)(H,16,17). The van der Waals surface area contributed by atoms with E-state index < -0.39 is 12.0 Å². The number of hydrogen-bond acceptors (Lipinski definition) is 3. The number of rotatable bonds is 3. The van der Waals surface area contributed by atoms with Crippen molar-refractivity contribution in [3.05, 3.63) is 0 Å². The van der Waals surface area contributed by atoms with E-state index in [0.29, 0.717) is 5.75 Å². The Kier molecular flexibility index (Phi) is 5.12. The Balaban J connectivity index is 2.79. The number of carbonyl (C=O) groups excluding carboxylic acids is 1. The molecule has 0 aromatic carbocycles. The Bertz CT molecular complexity index is 354. The zero-order valence-corrected chi connectivity index (χ0v) is 13.1. The van der Waals surface area contributed by atoms with Gasteiger partial charge in [-0.1, -0.05) is 27.7 Å². The maximum absolute atomic E-state index is 12.3. The molecule has 0 aliphatic carbocycles. The number of nitrogens with one attached hydrogen (secondary N) is 1. The third-order valence-electron chi connectivity index (χ3n) is 3.60. The van der Waals surface area contributed by atoms with E-state index in [-0.39, 0.29) is 22.9 Å². The minimum absolute atomic E-state index is 0.0162. The molecule has 2 N–H and O–H groups in total. The molecule has 3 unspecified atom stereocenters. The van der Waals surface area contributed by atoms with E-state index in [9.17, 15) is 14.7 Å². The Morgan fingerprint density at radius 1 is 1.47 bits per heavy atom. The first kappa shape index (κ1) is 16.1. The fourth-order valence-electron chi connectivity index (χ4n) is 1.82. The summed E-state index contributed by atoms with van der Waals surface area (Å²) in [4.78, 5) is 25.0. The molecule has 0 radical (unpaired) electrons. The van der Waals surface area contributed by atoms with Crippen LogP contribution in [0.1, 0.15) is 41.0 Å². The van der Waals surface area contributed by atoms with Crippen molar-refractivity contribution in [1.29, 1.82) is 0 Å². The smallest absolute Gasteiger partial charge is 0.327 e. The monoisotopic (exact) mass is 288 g/mol. The maximum Gasteiger partial charge on any atom is 0.327 e. The zero-order valence-electron chi connectivity index (χ0n) is 12.3. The minimum atomic E-state index is -0.929. The first-order valence-corrected chi connectivity index (χ1v) is 7.66. The molecule has 2 amide bonds. The number of carbonyl (C=O) groups is 2. The van der Waals surface area contributed by atoms with Gasteiger partial charge in [0.1, 0.15) is 6.04 Å². The van der Waals surface area contributed by atoms with E-state index >= 15 is 0 Å². The van der Waals surface area contributed by atoms with Gasteiger partial charge in [-0.15, -0.1) is 11.8 Å². The number of carboxylic acids is 1. The molecule has 3 atom stereocenters. The van der Waals surface area contributed by atoms with Crippen LogP contribution in [0.5, 0.6) is 0 Å². The molecular formula is C13H24N2O3S. The quantitative estimate of drug-likeness (QED) is 0.836. The molecule has 0 aromatic heterocycles. The van der Waals surface area contributed by atoms with Crippen LogP contribution in [0.2, 0.25) is 0 Å². The second-order valence-corrected chi connectivity index (χ2v) is 7.21. The van der Waals surface area contributed by atoms with Crippen molar-refractivity contribution in [2.75, 3.05) is 5.75 Å². The summed E-state index contributed by atoms with van der Waals surface area (Å²) in [5.74, 6) is -0.465. The molecule has 6 heteroatoms. The van der Waals surface area contributed by atoms with E-state index in [1.807, 2.05) is 34.6 Å². The van der Waals surface area contributed by atoms with Crippen LogP contribution in [0.3, 0.4) is 0 Å². The molecule has 0 bridgehead atoms. The predicted octanol–water partition coefficient (Wildman–Crippen LogP) is 2.37. The van der Waals surface area contributed by atoms with E-state index in [2.05, 4.69) is 5.32 Å². The van der Waals surface area contributed by atoms with Crippen molar-refractivity contribution >= 4 is 23.8 Å². The highest BCUT2D eigenvalue weighted by atomic mass is 32.2. The van der Waals surface area contributed by atoms with Crippen LogP contribution in [0, 0.1) is 5.41 Å². The van der Waals surface area contributed by atoms with Crippen molar-refractivity contribution in [3.63, 3.8) is 0 Å². The van der Waals surface area contributed by atoms with Crippen LogP contribution in [0.4, 0.5) is 4.79 Å². The van der Waals surface area contributed by atoms with Gasteiger partial charge >= 0.3 is 12.0 Å². The molecule has 1 aliphatic rings. The van der Waals surface area contributed by atoms with Crippen molar-refractivity contribution in [2.24, 2.45) is 5.41 Å². The summed E-state index contributed by atoms with van der Waals surface area (Å²) in [5.41, 5.74) is -0.0526. The summed E-state index contributed by atoms with van der Waals surface area (Å²) < 4.78 is 0. The van der Waals surface area contributed by atoms with Crippen LogP contribution >= 0.6 is 11.8 Å². The van der Waals surface area contributed by atoms with Gasteiger partial charge in [0.2, 0.25) is 0 Å². The predicted molar refractivity (Wildman–Crippen MR) is 77.2 cm³/mol. The SMILES string of the molecule is CCC1SCC(C(=O)O)N1C(=O)NC(C)C(C)(C)C. The molecule has 0 aromatic rings. The summed E-state index contributed by atoms with van der Waals surface area (Å²) in [7, 11) is 0. The summed E-state index contributed by atoms with van der Waals surface area (Å²) in [6.07, 6.45) is 0.756. The van der Waals surface area contributed by atoms with E-state index in [0.717, 1.165) is 6.42 Å². The van der Waals surface area contributed by atoms with Gasteiger partial charge in [-0.3, -0.25) is 4.90 Å². The third-order valence-corrected chi connectivity index (χ3v) is 5.05. The van der Waals surface area contributed by atoms with Gasteiger partial charge in [0.15, 0.2) is 0 Å². The van der Waals surface area contributed by atoms with Crippen LogP contribution in [0.25, 0.3) is 0 Å². The Morgan fingerprint density at radius 3 is 2.47 bits per heavy atom. The summed E-state index contributed by atoms with van der Waals surface area (Å²) >= 11 is 1.53. The normalized spacial score (nSPS) is 25.2. The summed E-state index contributed by atoms with van der Waals surface area (Å²) in [6, 6.07) is -1.01. The third kappa shape index (κ3) is 3.78. The highest BCUT2D eigenvalue weighted by molar-refractivity contribution is 8.00. The molecule has 5 nitrogen and oxygen atoms in total. The molecule has 1 fully saturated rings. The summed E-state index contributed by atoms with van der Waals surface area (Å²) in [5, 5.41) is 12.1. The lowest BCUT2D eigenvalue weighted by molar-refractivity contribution is -0.141. The van der Waals surface area contributed by atoms with Gasteiger partial charge in [-0.05, 0) is 18.8 Å². The summed E-state index contributed by atoms with van der Waals surface area (Å²) in [6.45, 7) is 10.0. The van der Waals surface area contributed by atoms with Gasteiger partial charge in [0, 0.05) is 11.8 Å². The first-order chi connectivity index (χ1) is 8.68. The highest BCUT2D eigenvalue weighted by Crippen LogP contribution is 2.31. The topological polar surface area (TPSA) is 69.6 Å². The van der Waals surface area contributed by atoms with Crippen LogP contribution < -0.4 is 5.32 Å². The van der Waals surface area contributed by atoms with Crippen molar-refractivity contribution in [3.8, 4) is 0 Å². The number of aliphatic carboxylic acids is 1. The molecule has 0 saturated carbocycles. The minimum Gasteiger partial charge on any atom is -0.480 e. The van der Waals surface area contributed by atoms with Crippen LogP contribution in [-0.4, -0.2) is 45.2 Å². The van der Waals surface area contributed by atoms with Crippen LogP contribution in [0.15, 0.2) is 0 Å². The molecule has 1 heterocycles. The average molecular weight is 288 g/mol. The van der Waals surface area contributed by atoms with Gasteiger partial charge in [0.25, 0.3) is 0 Å². The Hall–Kier alpha value is -0.910. The van der Waals surface area contributed by atoms with Gasteiger partial charge in [-0.25, -0.2) is 9.59 Å². The van der Waals surface area contributed by atoms with Gasteiger partial charge in [0.05, 0.1) is 5.37 Å². The fourth-order valence-corrected chi connectivity index (χ4v) is 3.16. The lowest BCUT2D eigenvalue weighted by Crippen LogP contribution is -2.54. The largest absolute Gasteiger partial charge is 0.480 e. The molecule has 110 valence electrons. The van der Waals surface area contributed by atoms with E-state index in [1.165, 1.54) is 16.7 Å². The molecule has 1 aliphatic heterocycles. The van der Waals surface area contributed by atoms with Gasteiger partial charge < -0.3 is 10.4 Å². The average Bonchev–Trinajstić information content (AvgIpc) is 2.70. The number of amides is 2. The first-order valence-electron chi connectivity index (χ1n) is 6.61. The fraction of sp³-hybridized carbons (Fsp3) is 0.846. The van der Waals surface area contributed by atoms with Crippen molar-refractivity contribution < 1.29 is 14.7 Å². The maximum atomic E-state index is 12.3. The second-order valence-electron chi connectivity index (χ2n) is 5.99. The zero-order chi connectivity index (χ0) is 14.8. The van der Waals surface area contributed by atoms with Crippen molar-refractivity contribution in [2.45, 2.75) is 58.5 Å². The number of carboxylic acid groups (broad SMARTS) is 1. The molecule has 0 spiro atoms. The van der Waals surface area contributed by atoms with E-state index in [1.54, 1.807) is 0 Å². The Morgan fingerprint density at radius 2 is 2.05 bits per heavy atom. The Labute approximate surface area is 119 Å². The van der Waals surface area contributed by atoms with Crippen molar-refractivity contribution in [1.82, 2.24) is 10.2 Å². The lowest BCUT2D eigenvalue weighted by Gasteiger charge is -2.33. The lowest BCUT2D eigenvalue weighted by atomic mass is 9.88. The molecular weight excluding hydrogens is 264 g/mol. The number of hydrogen-bond donors (Lipinski definition) is 2. The van der Waals surface area contributed by atoms with Gasteiger partial charge in [-0.2, -0.15) is 0 Å². The molecule has 1 saturated heterocycles. The number of thioether (sulfide) groups is 1. The molecule has 1 rings (SSSR count). The number of urea groups is 1. The number of nitrogens with zero attached hydrogens (tertiary/aromatic N) is 1. The molecule has 19 heavy (non-hydrogen) atoms.